The Balaban J connectivity index is 1.98. The second-order valence-electron chi connectivity index (χ2n) is 4.43. The summed E-state index contributed by atoms with van der Waals surface area (Å²) in [6.45, 7) is 4.63. The van der Waals surface area contributed by atoms with Crippen molar-refractivity contribution in [1.29, 1.82) is 0 Å². The van der Waals surface area contributed by atoms with Crippen LogP contribution in [0.1, 0.15) is 26.2 Å². The SMILES string of the molecule is CCCN1CC2CCC(F)(F)C2C1. The van der Waals surface area contributed by atoms with Gasteiger partial charge in [0.15, 0.2) is 0 Å². The van der Waals surface area contributed by atoms with Crippen molar-refractivity contribution in [2.75, 3.05) is 19.6 Å². The third-order valence-corrected chi connectivity index (χ3v) is 3.45. The molecule has 0 aromatic heterocycles. The number of alkyl halides is 2. The van der Waals surface area contributed by atoms with E-state index in [0.717, 1.165) is 25.9 Å². The molecular weight excluding hydrogens is 172 g/mol. The van der Waals surface area contributed by atoms with E-state index in [1.165, 1.54) is 0 Å². The molecule has 2 fully saturated rings. The first kappa shape index (κ1) is 9.38. The van der Waals surface area contributed by atoms with E-state index in [0.29, 0.717) is 6.54 Å². The van der Waals surface area contributed by atoms with Gasteiger partial charge in [-0.25, -0.2) is 8.78 Å². The van der Waals surface area contributed by atoms with Gasteiger partial charge in [0.05, 0.1) is 0 Å². The minimum absolute atomic E-state index is 0.127. The summed E-state index contributed by atoms with van der Waals surface area (Å²) >= 11 is 0. The van der Waals surface area contributed by atoms with Crippen LogP contribution >= 0.6 is 0 Å². The maximum atomic E-state index is 13.3. The smallest absolute Gasteiger partial charge is 0.252 e. The van der Waals surface area contributed by atoms with Gasteiger partial charge < -0.3 is 4.90 Å². The first-order chi connectivity index (χ1) is 6.13. The van der Waals surface area contributed by atoms with Gasteiger partial charge in [0.1, 0.15) is 0 Å². The highest BCUT2D eigenvalue weighted by atomic mass is 19.3. The molecule has 0 aromatic rings. The van der Waals surface area contributed by atoms with E-state index in [1.807, 2.05) is 0 Å². The van der Waals surface area contributed by atoms with Crippen LogP contribution in [-0.4, -0.2) is 30.5 Å². The Morgan fingerprint density at radius 2 is 2.15 bits per heavy atom. The summed E-state index contributed by atoms with van der Waals surface area (Å²) in [7, 11) is 0. The Bertz CT molecular complexity index is 193. The van der Waals surface area contributed by atoms with Crippen molar-refractivity contribution < 1.29 is 8.78 Å². The lowest BCUT2D eigenvalue weighted by Gasteiger charge is -2.19. The topological polar surface area (TPSA) is 3.24 Å². The van der Waals surface area contributed by atoms with E-state index in [4.69, 9.17) is 0 Å². The molecule has 1 heterocycles. The average Bonchev–Trinajstić information content (AvgIpc) is 2.55. The standard InChI is InChI=1S/C10H17F2N/c1-2-5-13-6-8-3-4-10(11,12)9(8)7-13/h8-9H,2-7H2,1H3. The predicted octanol–water partition coefficient (Wildman–Crippen LogP) is 2.37. The van der Waals surface area contributed by atoms with Crippen LogP contribution in [-0.2, 0) is 0 Å². The Kier molecular flexibility index (Phi) is 2.30. The zero-order valence-electron chi connectivity index (χ0n) is 8.10. The fourth-order valence-corrected chi connectivity index (χ4v) is 2.79. The molecule has 76 valence electrons. The molecular formula is C10H17F2N. The fourth-order valence-electron chi connectivity index (χ4n) is 2.79. The Morgan fingerprint density at radius 3 is 2.77 bits per heavy atom. The first-order valence-corrected chi connectivity index (χ1v) is 5.23. The molecule has 0 N–H and O–H groups in total. The molecule has 0 spiro atoms. The van der Waals surface area contributed by atoms with Gasteiger partial charge in [0, 0.05) is 25.4 Å². The number of likely N-dealkylation sites (tertiary alicyclic amines) is 1. The normalized spacial score (nSPS) is 38.1. The summed E-state index contributed by atoms with van der Waals surface area (Å²) in [6, 6.07) is 0. The zero-order chi connectivity index (χ0) is 9.47. The number of rotatable bonds is 2. The van der Waals surface area contributed by atoms with Crippen molar-refractivity contribution in [2.24, 2.45) is 11.8 Å². The third-order valence-electron chi connectivity index (χ3n) is 3.45. The molecule has 2 rings (SSSR count). The minimum atomic E-state index is -2.37. The first-order valence-electron chi connectivity index (χ1n) is 5.23. The lowest BCUT2D eigenvalue weighted by molar-refractivity contribution is -0.0397. The number of halogens is 2. The van der Waals surface area contributed by atoms with Crippen LogP contribution in [0.5, 0.6) is 0 Å². The number of fused-ring (bicyclic) bond motifs is 1. The molecule has 1 saturated carbocycles. The number of hydrogen-bond acceptors (Lipinski definition) is 1. The Morgan fingerprint density at radius 1 is 1.38 bits per heavy atom. The molecule has 0 bridgehead atoms. The lowest BCUT2D eigenvalue weighted by atomic mass is 9.99. The average molecular weight is 189 g/mol. The monoisotopic (exact) mass is 189 g/mol. The minimum Gasteiger partial charge on any atom is -0.303 e. The molecule has 0 aromatic carbocycles. The van der Waals surface area contributed by atoms with Crippen LogP contribution in [0.4, 0.5) is 8.78 Å². The molecule has 1 aliphatic carbocycles. The van der Waals surface area contributed by atoms with E-state index >= 15 is 0 Å². The summed E-state index contributed by atoms with van der Waals surface area (Å²) in [4.78, 5) is 2.20. The van der Waals surface area contributed by atoms with Crippen molar-refractivity contribution in [3.63, 3.8) is 0 Å². The summed E-state index contributed by atoms with van der Waals surface area (Å²) in [5.74, 6) is -2.42. The quantitative estimate of drug-likeness (QED) is 0.644. The maximum absolute atomic E-state index is 13.3. The molecule has 2 aliphatic rings. The number of nitrogens with zero attached hydrogens (tertiary/aromatic N) is 1. The van der Waals surface area contributed by atoms with Crippen molar-refractivity contribution in [3.8, 4) is 0 Å². The van der Waals surface area contributed by atoms with Crippen LogP contribution in [0.15, 0.2) is 0 Å². The van der Waals surface area contributed by atoms with E-state index in [1.54, 1.807) is 0 Å². The van der Waals surface area contributed by atoms with E-state index < -0.39 is 5.92 Å². The highest BCUT2D eigenvalue weighted by Gasteiger charge is 2.53. The van der Waals surface area contributed by atoms with E-state index in [2.05, 4.69) is 11.8 Å². The Hall–Kier alpha value is -0.180. The highest BCUT2D eigenvalue weighted by molar-refractivity contribution is 4.97. The zero-order valence-corrected chi connectivity index (χ0v) is 8.10. The van der Waals surface area contributed by atoms with Crippen LogP contribution in [0.25, 0.3) is 0 Å². The van der Waals surface area contributed by atoms with E-state index in [9.17, 15) is 8.78 Å². The van der Waals surface area contributed by atoms with Crippen molar-refractivity contribution in [2.45, 2.75) is 32.1 Å². The lowest BCUT2D eigenvalue weighted by Crippen LogP contribution is -2.29. The predicted molar refractivity (Wildman–Crippen MR) is 47.9 cm³/mol. The van der Waals surface area contributed by atoms with Gasteiger partial charge in [-0.3, -0.25) is 0 Å². The number of hydrogen-bond donors (Lipinski definition) is 0. The second-order valence-corrected chi connectivity index (χ2v) is 4.43. The molecule has 13 heavy (non-hydrogen) atoms. The Labute approximate surface area is 78.1 Å². The molecule has 2 atom stereocenters. The van der Waals surface area contributed by atoms with Crippen molar-refractivity contribution in [3.05, 3.63) is 0 Å². The van der Waals surface area contributed by atoms with Crippen LogP contribution in [0.2, 0.25) is 0 Å². The van der Waals surface area contributed by atoms with Gasteiger partial charge in [-0.15, -0.1) is 0 Å². The van der Waals surface area contributed by atoms with Crippen molar-refractivity contribution in [1.82, 2.24) is 4.90 Å². The fraction of sp³-hybridized carbons (Fsp3) is 1.00. The molecule has 0 amide bonds. The second kappa shape index (κ2) is 3.19. The van der Waals surface area contributed by atoms with Crippen LogP contribution in [0.3, 0.4) is 0 Å². The van der Waals surface area contributed by atoms with Gasteiger partial charge in [-0.2, -0.15) is 0 Å². The van der Waals surface area contributed by atoms with Gasteiger partial charge in [-0.05, 0) is 25.3 Å². The molecule has 2 unspecified atom stereocenters. The van der Waals surface area contributed by atoms with Gasteiger partial charge in [-0.1, -0.05) is 6.92 Å². The molecule has 3 heteroatoms. The summed E-state index contributed by atoms with van der Waals surface area (Å²) in [5.41, 5.74) is 0. The van der Waals surface area contributed by atoms with Gasteiger partial charge >= 0.3 is 0 Å². The molecule has 1 nitrogen and oxygen atoms in total. The summed E-state index contributed by atoms with van der Waals surface area (Å²) in [5, 5.41) is 0. The van der Waals surface area contributed by atoms with Crippen LogP contribution in [0, 0.1) is 11.8 Å². The van der Waals surface area contributed by atoms with Gasteiger partial charge in [0.2, 0.25) is 0 Å². The largest absolute Gasteiger partial charge is 0.303 e. The van der Waals surface area contributed by atoms with Gasteiger partial charge in [0.25, 0.3) is 5.92 Å². The third kappa shape index (κ3) is 1.58. The molecule has 1 aliphatic heterocycles. The summed E-state index contributed by atoms with van der Waals surface area (Å²) < 4.78 is 26.6. The highest BCUT2D eigenvalue weighted by Crippen LogP contribution is 2.47. The molecule has 1 saturated heterocycles. The maximum Gasteiger partial charge on any atom is 0.252 e. The van der Waals surface area contributed by atoms with E-state index in [-0.39, 0.29) is 18.3 Å². The molecule has 0 radical (unpaired) electrons. The van der Waals surface area contributed by atoms with Crippen LogP contribution < -0.4 is 0 Å². The summed E-state index contributed by atoms with van der Waals surface area (Å²) in [6.07, 6.45) is 1.94. The van der Waals surface area contributed by atoms with Crippen molar-refractivity contribution >= 4 is 0 Å².